The molecular weight excluding hydrogens is 295 g/mol. The first-order valence-corrected chi connectivity index (χ1v) is 6.19. The number of carbonyl (C=O) groups excluding carboxylic acids is 1. The number of rotatable bonds is 4. The van der Waals surface area contributed by atoms with Gasteiger partial charge in [-0.1, -0.05) is 0 Å². The summed E-state index contributed by atoms with van der Waals surface area (Å²) in [6.07, 6.45) is 0. The lowest BCUT2D eigenvalue weighted by molar-refractivity contribution is -0.0328. The standard InChI is InChI=1S/C12H10F3NO3S/c1-3-19-11(17)7-4-5-9(20-12(13,14)15)8(6-16)10(7)18-2/h4-5H,3H2,1-2H3. The highest BCUT2D eigenvalue weighted by Crippen LogP contribution is 2.41. The van der Waals surface area contributed by atoms with Crippen molar-refractivity contribution >= 4 is 17.7 Å². The molecule has 0 saturated heterocycles. The van der Waals surface area contributed by atoms with Gasteiger partial charge in [-0.15, -0.1) is 0 Å². The molecular formula is C12H10F3NO3S. The summed E-state index contributed by atoms with van der Waals surface area (Å²) in [5.41, 5.74) is -4.97. The lowest BCUT2D eigenvalue weighted by atomic mass is 10.1. The highest BCUT2D eigenvalue weighted by Gasteiger charge is 2.32. The number of carbonyl (C=O) groups is 1. The molecule has 1 aromatic rings. The Bertz CT molecular complexity index is 552. The second kappa shape index (κ2) is 6.52. The lowest BCUT2D eigenvalue weighted by Crippen LogP contribution is -2.09. The Hall–Kier alpha value is -1.88. The van der Waals surface area contributed by atoms with Gasteiger partial charge in [0.1, 0.15) is 17.2 Å². The van der Waals surface area contributed by atoms with Gasteiger partial charge < -0.3 is 9.47 Å². The van der Waals surface area contributed by atoms with E-state index in [0.29, 0.717) is 0 Å². The second-order valence-electron chi connectivity index (χ2n) is 3.40. The zero-order chi connectivity index (χ0) is 15.3. The minimum Gasteiger partial charge on any atom is -0.494 e. The first-order valence-electron chi connectivity index (χ1n) is 5.38. The minimum absolute atomic E-state index is 0.0857. The molecule has 0 aliphatic carbocycles. The number of nitriles is 1. The van der Waals surface area contributed by atoms with Crippen molar-refractivity contribution in [2.75, 3.05) is 13.7 Å². The van der Waals surface area contributed by atoms with E-state index >= 15 is 0 Å². The number of methoxy groups -OCH3 is 1. The Morgan fingerprint density at radius 1 is 1.45 bits per heavy atom. The van der Waals surface area contributed by atoms with Crippen LogP contribution in [0.5, 0.6) is 5.75 Å². The normalized spacial score (nSPS) is 10.8. The summed E-state index contributed by atoms with van der Waals surface area (Å²) in [7, 11) is 1.17. The van der Waals surface area contributed by atoms with Gasteiger partial charge in [-0.2, -0.15) is 18.4 Å². The number of nitrogens with zero attached hydrogens (tertiary/aromatic N) is 1. The molecule has 0 aliphatic rings. The van der Waals surface area contributed by atoms with Crippen LogP contribution >= 0.6 is 11.8 Å². The molecule has 1 rings (SSSR count). The molecule has 0 aliphatic heterocycles. The van der Waals surface area contributed by atoms with Gasteiger partial charge in [0, 0.05) is 4.90 Å². The van der Waals surface area contributed by atoms with E-state index < -0.39 is 23.2 Å². The fraction of sp³-hybridized carbons (Fsp3) is 0.333. The van der Waals surface area contributed by atoms with E-state index in [1.54, 1.807) is 13.0 Å². The van der Waals surface area contributed by atoms with E-state index in [4.69, 9.17) is 14.7 Å². The molecule has 108 valence electrons. The summed E-state index contributed by atoms with van der Waals surface area (Å²) in [6.45, 7) is 1.69. The summed E-state index contributed by atoms with van der Waals surface area (Å²) >= 11 is -0.439. The predicted octanol–water partition coefficient (Wildman–Crippen LogP) is 3.36. The van der Waals surface area contributed by atoms with Gasteiger partial charge in [-0.05, 0) is 30.8 Å². The number of ether oxygens (including phenoxy) is 2. The third-order valence-corrected chi connectivity index (χ3v) is 2.95. The van der Waals surface area contributed by atoms with Crippen molar-refractivity contribution in [3.63, 3.8) is 0 Å². The summed E-state index contributed by atoms with van der Waals surface area (Å²) in [4.78, 5) is 11.3. The summed E-state index contributed by atoms with van der Waals surface area (Å²) in [5, 5.41) is 9.00. The maximum absolute atomic E-state index is 12.4. The topological polar surface area (TPSA) is 59.3 Å². The maximum atomic E-state index is 12.4. The van der Waals surface area contributed by atoms with Gasteiger partial charge in [0.2, 0.25) is 0 Å². The predicted molar refractivity (Wildman–Crippen MR) is 65.6 cm³/mol. The van der Waals surface area contributed by atoms with E-state index in [0.717, 1.165) is 12.1 Å². The van der Waals surface area contributed by atoms with Crippen LogP contribution in [0.15, 0.2) is 17.0 Å². The van der Waals surface area contributed by atoms with Crippen LogP contribution in [0.25, 0.3) is 0 Å². The van der Waals surface area contributed by atoms with Gasteiger partial charge in [-0.3, -0.25) is 0 Å². The van der Waals surface area contributed by atoms with Crippen LogP contribution in [0.4, 0.5) is 13.2 Å². The summed E-state index contributed by atoms with van der Waals surface area (Å²) in [6, 6.07) is 3.81. The largest absolute Gasteiger partial charge is 0.494 e. The fourth-order valence-electron chi connectivity index (χ4n) is 1.46. The number of benzene rings is 1. The minimum atomic E-state index is -4.54. The van der Waals surface area contributed by atoms with E-state index in [-0.39, 0.29) is 28.4 Å². The molecule has 0 unspecified atom stereocenters. The van der Waals surface area contributed by atoms with E-state index in [2.05, 4.69) is 0 Å². The molecule has 1 aromatic carbocycles. The number of hydrogen-bond acceptors (Lipinski definition) is 5. The molecule has 0 atom stereocenters. The molecule has 0 bridgehead atoms. The van der Waals surface area contributed by atoms with Crippen LogP contribution < -0.4 is 4.74 Å². The SMILES string of the molecule is CCOC(=O)c1ccc(SC(F)(F)F)c(C#N)c1OC. The van der Waals surface area contributed by atoms with Crippen LogP contribution in [-0.2, 0) is 4.74 Å². The van der Waals surface area contributed by atoms with E-state index in [1.807, 2.05) is 0 Å². The monoisotopic (exact) mass is 305 g/mol. The molecule has 8 heteroatoms. The molecule has 0 heterocycles. The van der Waals surface area contributed by atoms with Gasteiger partial charge in [0.05, 0.1) is 13.7 Å². The molecule has 0 aromatic heterocycles. The smallest absolute Gasteiger partial charge is 0.446 e. The summed E-state index contributed by atoms with van der Waals surface area (Å²) < 4.78 is 46.8. The Balaban J connectivity index is 3.34. The molecule has 0 amide bonds. The lowest BCUT2D eigenvalue weighted by Gasteiger charge is -2.13. The molecule has 0 N–H and O–H groups in total. The molecule has 0 spiro atoms. The van der Waals surface area contributed by atoms with Crippen LogP contribution in [-0.4, -0.2) is 25.2 Å². The van der Waals surface area contributed by atoms with Crippen molar-refractivity contribution < 1.29 is 27.4 Å². The number of halogens is 3. The zero-order valence-electron chi connectivity index (χ0n) is 10.6. The third-order valence-electron chi connectivity index (χ3n) is 2.16. The maximum Gasteiger partial charge on any atom is 0.446 e. The zero-order valence-corrected chi connectivity index (χ0v) is 11.4. The first kappa shape index (κ1) is 16.2. The van der Waals surface area contributed by atoms with Crippen LogP contribution in [0.2, 0.25) is 0 Å². The average Bonchev–Trinajstić information content (AvgIpc) is 2.36. The number of thioether (sulfide) groups is 1. The molecule has 0 saturated carbocycles. The van der Waals surface area contributed by atoms with Crippen LogP contribution in [0, 0.1) is 11.3 Å². The Kier molecular flexibility index (Phi) is 5.27. The molecule has 0 fully saturated rings. The fourth-order valence-corrected chi connectivity index (χ4v) is 2.09. The van der Waals surface area contributed by atoms with Crippen molar-refractivity contribution in [1.82, 2.24) is 0 Å². The van der Waals surface area contributed by atoms with Crippen molar-refractivity contribution in [3.05, 3.63) is 23.3 Å². The quantitative estimate of drug-likeness (QED) is 0.630. The van der Waals surface area contributed by atoms with Crippen molar-refractivity contribution in [1.29, 1.82) is 5.26 Å². The summed E-state index contributed by atoms with van der Waals surface area (Å²) in [5.74, 6) is -0.982. The average molecular weight is 305 g/mol. The van der Waals surface area contributed by atoms with Gasteiger partial charge in [0.25, 0.3) is 0 Å². The van der Waals surface area contributed by atoms with E-state index in [9.17, 15) is 18.0 Å². The van der Waals surface area contributed by atoms with Crippen molar-refractivity contribution in [2.24, 2.45) is 0 Å². The highest BCUT2D eigenvalue weighted by molar-refractivity contribution is 8.00. The Morgan fingerprint density at radius 3 is 2.55 bits per heavy atom. The number of esters is 1. The highest BCUT2D eigenvalue weighted by atomic mass is 32.2. The van der Waals surface area contributed by atoms with Gasteiger partial charge >= 0.3 is 11.5 Å². The Morgan fingerprint density at radius 2 is 2.10 bits per heavy atom. The van der Waals surface area contributed by atoms with Crippen LogP contribution in [0.3, 0.4) is 0 Å². The molecule has 20 heavy (non-hydrogen) atoms. The number of hydrogen-bond donors (Lipinski definition) is 0. The van der Waals surface area contributed by atoms with Crippen LogP contribution in [0.1, 0.15) is 22.8 Å². The molecule has 0 radical (unpaired) electrons. The van der Waals surface area contributed by atoms with Gasteiger partial charge in [0.15, 0.2) is 5.75 Å². The number of alkyl halides is 3. The van der Waals surface area contributed by atoms with Crippen molar-refractivity contribution in [3.8, 4) is 11.8 Å². The Labute approximate surface area is 117 Å². The second-order valence-corrected chi connectivity index (χ2v) is 4.51. The molecule has 4 nitrogen and oxygen atoms in total. The van der Waals surface area contributed by atoms with Gasteiger partial charge in [-0.25, -0.2) is 4.79 Å². The first-order chi connectivity index (χ1) is 9.34. The third kappa shape index (κ3) is 3.81. The van der Waals surface area contributed by atoms with E-state index in [1.165, 1.54) is 7.11 Å². The van der Waals surface area contributed by atoms with Crippen molar-refractivity contribution in [2.45, 2.75) is 17.3 Å².